The molecule has 19 heavy (non-hydrogen) atoms. The van der Waals surface area contributed by atoms with E-state index in [2.05, 4.69) is 20.7 Å². The Labute approximate surface area is 107 Å². The Morgan fingerprint density at radius 1 is 1.11 bits per heavy atom. The van der Waals surface area contributed by atoms with Crippen LogP contribution < -0.4 is 5.32 Å². The predicted molar refractivity (Wildman–Crippen MR) is 68.2 cm³/mol. The van der Waals surface area contributed by atoms with Gasteiger partial charge in [-0.25, -0.2) is 4.39 Å². The van der Waals surface area contributed by atoms with Crippen LogP contribution in [0.4, 0.5) is 10.1 Å². The van der Waals surface area contributed by atoms with Crippen molar-refractivity contribution in [1.29, 1.82) is 0 Å². The van der Waals surface area contributed by atoms with Crippen molar-refractivity contribution in [2.24, 2.45) is 0 Å². The Bertz CT molecular complexity index is 753. The first kappa shape index (κ1) is 11.3. The molecule has 1 heterocycles. The fourth-order valence-corrected chi connectivity index (χ4v) is 1.80. The molecule has 5 nitrogen and oxygen atoms in total. The minimum Gasteiger partial charge on any atom is -0.320 e. The summed E-state index contributed by atoms with van der Waals surface area (Å²) in [6.45, 7) is 0. The van der Waals surface area contributed by atoms with Gasteiger partial charge in [-0.05, 0) is 24.3 Å². The van der Waals surface area contributed by atoms with Crippen molar-refractivity contribution in [2.45, 2.75) is 0 Å². The molecule has 2 N–H and O–H groups in total. The zero-order valence-corrected chi connectivity index (χ0v) is 9.72. The molecule has 0 bridgehead atoms. The number of fused-ring (bicyclic) bond motifs is 1. The summed E-state index contributed by atoms with van der Waals surface area (Å²) >= 11 is 0. The van der Waals surface area contributed by atoms with Gasteiger partial charge in [0, 0.05) is 0 Å². The first-order valence-corrected chi connectivity index (χ1v) is 5.61. The second-order valence-electron chi connectivity index (χ2n) is 3.93. The molecule has 0 aliphatic heterocycles. The first-order chi connectivity index (χ1) is 9.25. The van der Waals surface area contributed by atoms with Crippen LogP contribution in [-0.2, 0) is 0 Å². The van der Waals surface area contributed by atoms with Gasteiger partial charge in [-0.2, -0.15) is 15.4 Å². The molecule has 94 valence electrons. The van der Waals surface area contributed by atoms with E-state index in [0.717, 1.165) is 0 Å². The molecule has 0 saturated heterocycles. The van der Waals surface area contributed by atoms with E-state index in [4.69, 9.17) is 0 Å². The molecule has 3 rings (SSSR count). The van der Waals surface area contributed by atoms with Crippen molar-refractivity contribution < 1.29 is 9.18 Å². The van der Waals surface area contributed by atoms with E-state index in [-0.39, 0.29) is 5.56 Å². The zero-order chi connectivity index (χ0) is 13.2. The molecule has 3 aromatic rings. The summed E-state index contributed by atoms with van der Waals surface area (Å²) in [5.74, 6) is -1.08. The van der Waals surface area contributed by atoms with Crippen molar-refractivity contribution in [1.82, 2.24) is 15.4 Å². The summed E-state index contributed by atoms with van der Waals surface area (Å²) in [4.78, 5) is 12.0. The summed E-state index contributed by atoms with van der Waals surface area (Å²) in [6, 6.07) is 11.0. The monoisotopic (exact) mass is 256 g/mol. The van der Waals surface area contributed by atoms with Gasteiger partial charge in [0.15, 0.2) is 0 Å². The lowest BCUT2D eigenvalue weighted by molar-refractivity contribution is 0.102. The number of amides is 1. The molecule has 0 aliphatic rings. The van der Waals surface area contributed by atoms with Crippen LogP contribution in [0.3, 0.4) is 0 Å². The third-order valence-corrected chi connectivity index (χ3v) is 2.71. The number of carbonyl (C=O) groups excluding carboxylic acids is 1. The number of hydrogen-bond acceptors (Lipinski definition) is 3. The minimum atomic E-state index is -0.563. The highest BCUT2D eigenvalue weighted by Crippen LogP contribution is 2.20. The van der Waals surface area contributed by atoms with Crippen LogP contribution in [0.15, 0.2) is 42.5 Å². The van der Waals surface area contributed by atoms with Gasteiger partial charge in [0.05, 0.1) is 11.3 Å². The summed E-state index contributed by atoms with van der Waals surface area (Å²) < 4.78 is 13.5. The lowest BCUT2D eigenvalue weighted by Gasteiger charge is -2.06. The van der Waals surface area contributed by atoms with Crippen molar-refractivity contribution in [3.05, 3.63) is 53.8 Å². The molecule has 0 saturated carbocycles. The molecule has 6 heteroatoms. The molecule has 0 unspecified atom stereocenters. The van der Waals surface area contributed by atoms with E-state index in [9.17, 15) is 9.18 Å². The van der Waals surface area contributed by atoms with Crippen molar-refractivity contribution in [3.63, 3.8) is 0 Å². The van der Waals surface area contributed by atoms with Crippen LogP contribution in [0.1, 0.15) is 10.4 Å². The third kappa shape index (κ3) is 2.03. The van der Waals surface area contributed by atoms with Gasteiger partial charge in [0.1, 0.15) is 16.9 Å². The number of nitrogens with one attached hydrogen (secondary N) is 2. The molecule has 0 aliphatic carbocycles. The molecule has 0 radical (unpaired) electrons. The maximum absolute atomic E-state index is 13.5. The molecule has 2 aromatic carbocycles. The summed E-state index contributed by atoms with van der Waals surface area (Å²) in [6.07, 6.45) is 0. The summed E-state index contributed by atoms with van der Waals surface area (Å²) in [7, 11) is 0. The Hall–Kier alpha value is -2.76. The number of carbonyl (C=O) groups is 1. The summed E-state index contributed by atoms with van der Waals surface area (Å²) in [5.41, 5.74) is 1.64. The smallest absolute Gasteiger partial charge is 0.258 e. The molecule has 1 aromatic heterocycles. The second kappa shape index (κ2) is 4.49. The lowest BCUT2D eigenvalue weighted by Crippen LogP contribution is -2.13. The number of aromatic amines is 1. The van der Waals surface area contributed by atoms with Crippen LogP contribution in [-0.4, -0.2) is 21.3 Å². The van der Waals surface area contributed by atoms with Gasteiger partial charge < -0.3 is 5.32 Å². The lowest BCUT2D eigenvalue weighted by atomic mass is 10.2. The van der Waals surface area contributed by atoms with Crippen LogP contribution in [0.25, 0.3) is 11.0 Å². The predicted octanol–water partition coefficient (Wildman–Crippen LogP) is 2.35. The number of anilines is 1. The van der Waals surface area contributed by atoms with E-state index < -0.39 is 11.7 Å². The Balaban J connectivity index is 1.95. The number of H-pyrrole nitrogens is 1. The fourth-order valence-electron chi connectivity index (χ4n) is 1.80. The van der Waals surface area contributed by atoms with Crippen LogP contribution in [0.2, 0.25) is 0 Å². The number of benzene rings is 2. The molecular formula is C13H9FN4O. The summed E-state index contributed by atoms with van der Waals surface area (Å²) in [5, 5.41) is 13.0. The highest BCUT2D eigenvalue weighted by Gasteiger charge is 2.13. The third-order valence-electron chi connectivity index (χ3n) is 2.71. The fraction of sp³-hybridized carbons (Fsp3) is 0. The van der Waals surface area contributed by atoms with E-state index in [1.807, 2.05) is 0 Å². The maximum Gasteiger partial charge on any atom is 0.258 e. The van der Waals surface area contributed by atoms with Crippen molar-refractivity contribution in [3.8, 4) is 0 Å². The molecule has 0 fully saturated rings. The highest BCUT2D eigenvalue weighted by atomic mass is 19.1. The number of rotatable bonds is 2. The van der Waals surface area contributed by atoms with E-state index >= 15 is 0 Å². The van der Waals surface area contributed by atoms with Crippen molar-refractivity contribution in [2.75, 3.05) is 5.32 Å². The first-order valence-electron chi connectivity index (χ1n) is 5.61. The molecule has 0 spiro atoms. The number of para-hydroxylation sites is 1. The van der Waals surface area contributed by atoms with Crippen LogP contribution in [0.5, 0.6) is 0 Å². The maximum atomic E-state index is 13.5. The Morgan fingerprint density at radius 3 is 2.79 bits per heavy atom. The van der Waals surface area contributed by atoms with Gasteiger partial charge >= 0.3 is 0 Å². The van der Waals surface area contributed by atoms with Gasteiger partial charge in [-0.3, -0.25) is 4.79 Å². The number of nitrogens with zero attached hydrogens (tertiary/aromatic N) is 2. The van der Waals surface area contributed by atoms with Gasteiger partial charge in [0.25, 0.3) is 5.91 Å². The van der Waals surface area contributed by atoms with Gasteiger partial charge in [0.2, 0.25) is 0 Å². The topological polar surface area (TPSA) is 70.7 Å². The van der Waals surface area contributed by atoms with E-state index in [1.165, 1.54) is 18.2 Å². The van der Waals surface area contributed by atoms with Gasteiger partial charge in [-0.1, -0.05) is 18.2 Å². The standard InChI is InChI=1S/C13H9FN4O/c14-9-5-2-1-4-8(9)13(19)15-10-6-3-7-11-12(10)17-18-16-11/h1-7H,(H,15,19)(H,16,17,18). The SMILES string of the molecule is O=C(Nc1cccc2n[nH]nc12)c1ccccc1F. The average molecular weight is 256 g/mol. The molecular weight excluding hydrogens is 247 g/mol. The molecule has 1 amide bonds. The number of hydrogen-bond donors (Lipinski definition) is 2. The van der Waals surface area contributed by atoms with E-state index in [1.54, 1.807) is 24.3 Å². The zero-order valence-electron chi connectivity index (χ0n) is 9.72. The highest BCUT2D eigenvalue weighted by molar-refractivity contribution is 6.07. The number of halogens is 1. The average Bonchev–Trinajstić information content (AvgIpc) is 2.88. The normalized spacial score (nSPS) is 10.6. The van der Waals surface area contributed by atoms with E-state index in [0.29, 0.717) is 16.7 Å². The van der Waals surface area contributed by atoms with Crippen LogP contribution in [0, 0.1) is 5.82 Å². The second-order valence-corrected chi connectivity index (χ2v) is 3.93. The van der Waals surface area contributed by atoms with Gasteiger partial charge in [-0.15, -0.1) is 0 Å². The quantitative estimate of drug-likeness (QED) is 0.739. The number of aromatic nitrogens is 3. The minimum absolute atomic E-state index is 0.0111. The Morgan fingerprint density at radius 2 is 1.95 bits per heavy atom. The Kier molecular flexibility index (Phi) is 2.68. The molecule has 0 atom stereocenters. The van der Waals surface area contributed by atoms with Crippen LogP contribution >= 0.6 is 0 Å². The largest absolute Gasteiger partial charge is 0.320 e. The van der Waals surface area contributed by atoms with Crippen molar-refractivity contribution >= 4 is 22.6 Å².